The summed E-state index contributed by atoms with van der Waals surface area (Å²) in [5, 5.41) is 4.28. The van der Waals surface area contributed by atoms with Crippen LogP contribution in [-0.4, -0.2) is 53.0 Å². The molecule has 6 heteroatoms. The molecule has 1 saturated heterocycles. The molecule has 1 atom stereocenters. The number of carbonyl (C=O) groups excluding carboxylic acids is 1. The Labute approximate surface area is 183 Å². The molecular formula is C25H30N4O2. The molecule has 6 nitrogen and oxygen atoms in total. The quantitative estimate of drug-likeness (QED) is 0.606. The van der Waals surface area contributed by atoms with Gasteiger partial charge in [-0.1, -0.05) is 41.1 Å². The van der Waals surface area contributed by atoms with Crippen molar-refractivity contribution in [1.29, 1.82) is 0 Å². The van der Waals surface area contributed by atoms with Crippen molar-refractivity contribution < 1.29 is 9.32 Å². The Morgan fingerprint density at radius 1 is 1.23 bits per heavy atom. The normalized spacial score (nSPS) is 19.3. The number of nitrogens with zero attached hydrogens (tertiary/aromatic N) is 4. The fourth-order valence-corrected chi connectivity index (χ4v) is 4.57. The second-order valence-corrected chi connectivity index (χ2v) is 8.88. The fraction of sp³-hybridized carbons (Fsp3) is 0.400. The topological polar surface area (TPSA) is 62.5 Å². The number of amides is 1. The lowest BCUT2D eigenvalue weighted by atomic mass is 9.75. The molecule has 0 bridgehead atoms. The van der Waals surface area contributed by atoms with Gasteiger partial charge in [-0.2, -0.15) is 0 Å². The van der Waals surface area contributed by atoms with Gasteiger partial charge in [-0.15, -0.1) is 0 Å². The van der Waals surface area contributed by atoms with E-state index in [-0.39, 0.29) is 5.91 Å². The Kier molecular flexibility index (Phi) is 6.18. The van der Waals surface area contributed by atoms with Crippen molar-refractivity contribution in [2.75, 3.05) is 27.2 Å². The van der Waals surface area contributed by atoms with E-state index in [2.05, 4.69) is 40.2 Å². The van der Waals surface area contributed by atoms with E-state index < -0.39 is 5.41 Å². The van der Waals surface area contributed by atoms with Crippen LogP contribution in [0.4, 0.5) is 0 Å². The average molecular weight is 419 g/mol. The maximum absolute atomic E-state index is 13.4. The maximum Gasteiger partial charge on any atom is 0.230 e. The fourth-order valence-electron chi connectivity index (χ4n) is 4.57. The highest BCUT2D eigenvalue weighted by Crippen LogP contribution is 2.37. The second-order valence-electron chi connectivity index (χ2n) is 8.88. The molecule has 1 aliphatic rings. The molecule has 0 radical (unpaired) electrons. The van der Waals surface area contributed by atoms with Gasteiger partial charge in [-0.3, -0.25) is 14.7 Å². The number of piperidine rings is 1. The molecule has 4 rings (SSSR count). The van der Waals surface area contributed by atoms with E-state index in [1.54, 1.807) is 11.1 Å². The maximum atomic E-state index is 13.4. The second kappa shape index (κ2) is 9.02. The van der Waals surface area contributed by atoms with Crippen LogP contribution < -0.4 is 0 Å². The minimum atomic E-state index is -0.520. The lowest BCUT2D eigenvalue weighted by Crippen LogP contribution is -2.52. The van der Waals surface area contributed by atoms with Crippen molar-refractivity contribution >= 4 is 5.91 Å². The molecule has 3 aromatic rings. The van der Waals surface area contributed by atoms with E-state index in [1.165, 1.54) is 5.56 Å². The zero-order valence-corrected chi connectivity index (χ0v) is 18.5. The van der Waals surface area contributed by atoms with Gasteiger partial charge in [-0.25, -0.2) is 0 Å². The van der Waals surface area contributed by atoms with Crippen molar-refractivity contribution in [1.82, 2.24) is 19.9 Å². The number of hydrogen-bond donors (Lipinski definition) is 0. The van der Waals surface area contributed by atoms with Crippen LogP contribution in [0.3, 0.4) is 0 Å². The molecule has 0 unspecified atom stereocenters. The van der Waals surface area contributed by atoms with E-state index >= 15 is 0 Å². The Bertz CT molecular complexity index is 1010. The average Bonchev–Trinajstić information content (AvgIpc) is 3.22. The lowest BCUT2D eigenvalue weighted by molar-refractivity contribution is -0.143. The van der Waals surface area contributed by atoms with Crippen LogP contribution in [0.25, 0.3) is 11.3 Å². The zero-order valence-electron chi connectivity index (χ0n) is 18.5. The Morgan fingerprint density at radius 3 is 2.74 bits per heavy atom. The molecule has 0 N–H and O–H groups in total. The molecule has 2 aromatic heterocycles. The predicted molar refractivity (Wildman–Crippen MR) is 120 cm³/mol. The van der Waals surface area contributed by atoms with Gasteiger partial charge in [0.15, 0.2) is 0 Å². The third-order valence-corrected chi connectivity index (χ3v) is 6.06. The van der Waals surface area contributed by atoms with Crippen LogP contribution in [0.5, 0.6) is 0 Å². The van der Waals surface area contributed by atoms with Crippen LogP contribution >= 0.6 is 0 Å². The summed E-state index contributed by atoms with van der Waals surface area (Å²) in [6.07, 6.45) is 6.04. The smallest absolute Gasteiger partial charge is 0.230 e. The van der Waals surface area contributed by atoms with Gasteiger partial charge < -0.3 is 9.42 Å². The summed E-state index contributed by atoms with van der Waals surface area (Å²) in [5.74, 6) is 0.908. The number of hydrogen-bond acceptors (Lipinski definition) is 5. The summed E-state index contributed by atoms with van der Waals surface area (Å²) < 4.78 is 5.71. The molecule has 3 heterocycles. The standard InChI is InChI=1S/C25H30N4O2/c1-19-7-9-21(10-8-19)23-14-22(31-27-23)15-25(24(30)28(2)3)11-5-13-29(18-25)17-20-6-4-12-26-16-20/h4,6-10,12,14,16H,5,11,13,15,17-18H2,1-3H3/t25-/m1/s1. The van der Waals surface area contributed by atoms with Gasteiger partial charge in [0.1, 0.15) is 11.5 Å². The Hall–Kier alpha value is -2.99. The summed E-state index contributed by atoms with van der Waals surface area (Å²) in [6.45, 7) is 4.53. The van der Waals surface area contributed by atoms with Crippen LogP contribution in [0.2, 0.25) is 0 Å². The van der Waals surface area contributed by atoms with Gasteiger partial charge in [0.2, 0.25) is 5.91 Å². The Balaban J connectivity index is 1.56. The number of pyridine rings is 1. The number of aromatic nitrogens is 2. The van der Waals surface area contributed by atoms with Crippen molar-refractivity contribution in [2.24, 2.45) is 5.41 Å². The van der Waals surface area contributed by atoms with E-state index in [0.29, 0.717) is 13.0 Å². The SMILES string of the molecule is Cc1ccc(-c2cc(C[C@]3(C(=O)N(C)C)CCCN(Cc4cccnc4)C3)on2)cc1. The van der Waals surface area contributed by atoms with Gasteiger partial charge >= 0.3 is 0 Å². The largest absolute Gasteiger partial charge is 0.361 e. The summed E-state index contributed by atoms with van der Waals surface area (Å²) in [4.78, 5) is 21.7. The molecular weight excluding hydrogens is 388 g/mol. The molecule has 0 saturated carbocycles. The minimum absolute atomic E-state index is 0.150. The zero-order chi connectivity index (χ0) is 21.8. The first kappa shape index (κ1) is 21.2. The first-order chi connectivity index (χ1) is 14.9. The van der Waals surface area contributed by atoms with Crippen LogP contribution in [0, 0.1) is 12.3 Å². The van der Waals surface area contributed by atoms with Crippen molar-refractivity contribution in [2.45, 2.75) is 32.7 Å². The van der Waals surface area contributed by atoms with Gasteiger partial charge in [0.25, 0.3) is 0 Å². The Morgan fingerprint density at radius 2 is 2.03 bits per heavy atom. The molecule has 0 spiro atoms. The monoisotopic (exact) mass is 418 g/mol. The highest BCUT2D eigenvalue weighted by Gasteiger charge is 2.44. The third kappa shape index (κ3) is 4.85. The molecule has 1 amide bonds. The first-order valence-corrected chi connectivity index (χ1v) is 10.8. The van der Waals surface area contributed by atoms with Crippen molar-refractivity contribution in [3.8, 4) is 11.3 Å². The van der Waals surface area contributed by atoms with Crippen molar-refractivity contribution in [3.05, 3.63) is 71.7 Å². The molecule has 1 aromatic carbocycles. The van der Waals surface area contributed by atoms with Crippen LogP contribution in [0.15, 0.2) is 59.4 Å². The van der Waals surface area contributed by atoms with Crippen molar-refractivity contribution in [3.63, 3.8) is 0 Å². The molecule has 162 valence electrons. The molecule has 1 fully saturated rings. The van der Waals surface area contributed by atoms with Crippen LogP contribution in [-0.2, 0) is 17.8 Å². The summed E-state index contributed by atoms with van der Waals surface area (Å²) in [7, 11) is 3.67. The summed E-state index contributed by atoms with van der Waals surface area (Å²) >= 11 is 0. The number of carbonyl (C=O) groups is 1. The van der Waals surface area contributed by atoms with Gasteiger partial charge in [0, 0.05) is 57.6 Å². The molecule has 31 heavy (non-hydrogen) atoms. The number of aryl methyl sites for hydroxylation is 1. The molecule has 1 aliphatic heterocycles. The first-order valence-electron chi connectivity index (χ1n) is 10.8. The molecule has 0 aliphatic carbocycles. The van der Waals surface area contributed by atoms with E-state index in [0.717, 1.165) is 48.5 Å². The van der Waals surface area contributed by atoms with E-state index in [1.807, 2.05) is 44.6 Å². The van der Waals surface area contributed by atoms with E-state index in [9.17, 15) is 4.79 Å². The predicted octanol–water partition coefficient (Wildman–Crippen LogP) is 3.96. The van der Waals surface area contributed by atoms with Gasteiger partial charge in [0.05, 0.1) is 5.41 Å². The summed E-state index contributed by atoms with van der Waals surface area (Å²) in [6, 6.07) is 14.3. The highest BCUT2D eigenvalue weighted by molar-refractivity contribution is 5.83. The number of likely N-dealkylation sites (tertiary alicyclic amines) is 1. The third-order valence-electron chi connectivity index (χ3n) is 6.06. The number of rotatable bonds is 6. The number of benzene rings is 1. The van der Waals surface area contributed by atoms with E-state index in [4.69, 9.17) is 4.52 Å². The minimum Gasteiger partial charge on any atom is -0.361 e. The van der Waals surface area contributed by atoms with Gasteiger partial charge in [-0.05, 0) is 37.9 Å². The lowest BCUT2D eigenvalue weighted by Gasteiger charge is -2.42. The summed E-state index contributed by atoms with van der Waals surface area (Å²) in [5.41, 5.74) is 3.69. The van der Waals surface area contributed by atoms with Crippen LogP contribution in [0.1, 0.15) is 29.7 Å². The highest BCUT2D eigenvalue weighted by atomic mass is 16.5.